The Morgan fingerprint density at radius 1 is 1.37 bits per heavy atom. The first-order chi connectivity index (χ1) is 8.92. The van der Waals surface area contributed by atoms with Crippen molar-refractivity contribution in [2.45, 2.75) is 32.8 Å². The van der Waals surface area contributed by atoms with Crippen molar-refractivity contribution in [2.75, 3.05) is 0 Å². The van der Waals surface area contributed by atoms with E-state index in [0.29, 0.717) is 5.69 Å². The van der Waals surface area contributed by atoms with E-state index in [1.165, 1.54) is 4.57 Å². The lowest BCUT2D eigenvalue weighted by atomic mass is 10.2. The molecular formula is C15H16N2O2. The highest BCUT2D eigenvalue weighted by Gasteiger charge is 2.21. The Morgan fingerprint density at radius 3 is 2.68 bits per heavy atom. The van der Waals surface area contributed by atoms with Gasteiger partial charge >= 0.3 is 6.09 Å². The van der Waals surface area contributed by atoms with Crippen LogP contribution in [0, 0.1) is 11.3 Å². The first-order valence-corrected chi connectivity index (χ1v) is 6.12. The van der Waals surface area contributed by atoms with Crippen molar-refractivity contribution in [1.82, 2.24) is 4.57 Å². The van der Waals surface area contributed by atoms with Gasteiger partial charge in [-0.3, -0.25) is 0 Å². The molecule has 1 aromatic carbocycles. The summed E-state index contributed by atoms with van der Waals surface area (Å²) in [4.78, 5) is 12.3. The zero-order chi connectivity index (χ0) is 14.0. The molecule has 4 heteroatoms. The number of nitrogens with zero attached hydrogens (tertiary/aromatic N) is 2. The first kappa shape index (κ1) is 13.2. The lowest BCUT2D eigenvalue weighted by Crippen LogP contribution is -2.27. The van der Waals surface area contributed by atoms with Crippen LogP contribution in [-0.4, -0.2) is 16.3 Å². The topological polar surface area (TPSA) is 55.0 Å². The highest BCUT2D eigenvalue weighted by molar-refractivity contribution is 5.91. The van der Waals surface area contributed by atoms with Gasteiger partial charge in [0.25, 0.3) is 0 Å². The van der Waals surface area contributed by atoms with Crippen molar-refractivity contribution in [3.05, 3.63) is 36.0 Å². The van der Waals surface area contributed by atoms with Gasteiger partial charge in [-0.15, -0.1) is 0 Å². The van der Waals surface area contributed by atoms with Gasteiger partial charge in [0.15, 0.2) is 0 Å². The maximum absolute atomic E-state index is 12.3. The van der Waals surface area contributed by atoms with E-state index in [4.69, 9.17) is 10.00 Å². The highest BCUT2D eigenvalue weighted by atomic mass is 16.6. The number of rotatable bonds is 1. The van der Waals surface area contributed by atoms with Crippen LogP contribution in [0.1, 0.15) is 26.5 Å². The van der Waals surface area contributed by atoms with Gasteiger partial charge in [-0.2, -0.15) is 5.26 Å². The molecule has 0 saturated carbocycles. The van der Waals surface area contributed by atoms with Gasteiger partial charge in [0.05, 0.1) is 18.0 Å². The Balaban J connectivity index is 2.53. The molecule has 1 heterocycles. The molecule has 0 saturated heterocycles. The van der Waals surface area contributed by atoms with Crippen LogP contribution in [0.3, 0.4) is 0 Å². The Bertz CT molecular complexity index is 657. The first-order valence-electron chi connectivity index (χ1n) is 6.12. The second kappa shape index (κ2) is 4.77. The molecule has 4 nitrogen and oxygen atoms in total. The Kier molecular flexibility index (Phi) is 3.30. The van der Waals surface area contributed by atoms with E-state index in [9.17, 15) is 4.79 Å². The number of carbonyl (C=O) groups is 1. The third kappa shape index (κ3) is 2.76. The number of para-hydroxylation sites is 1. The standard InChI is InChI=1S/C15H16N2O2/c1-15(2,3)19-14(18)17-12(8-9-16)10-11-6-4-5-7-13(11)17/h4-7,10H,8H2,1-3H3. The van der Waals surface area contributed by atoms with Crippen LogP contribution in [0.2, 0.25) is 0 Å². The fourth-order valence-corrected chi connectivity index (χ4v) is 1.95. The van der Waals surface area contributed by atoms with E-state index in [2.05, 4.69) is 6.07 Å². The summed E-state index contributed by atoms with van der Waals surface area (Å²) in [6, 6.07) is 11.4. The van der Waals surface area contributed by atoms with Crippen LogP contribution in [0.5, 0.6) is 0 Å². The molecule has 0 N–H and O–H groups in total. The van der Waals surface area contributed by atoms with Crippen molar-refractivity contribution in [1.29, 1.82) is 5.26 Å². The molecule has 0 aliphatic carbocycles. The van der Waals surface area contributed by atoms with Crippen molar-refractivity contribution >= 4 is 17.0 Å². The summed E-state index contributed by atoms with van der Waals surface area (Å²) in [5, 5.41) is 9.80. The molecule has 0 fully saturated rings. The van der Waals surface area contributed by atoms with Gasteiger partial charge in [0.2, 0.25) is 0 Å². The minimum atomic E-state index is -0.563. The maximum atomic E-state index is 12.3. The summed E-state index contributed by atoms with van der Waals surface area (Å²) in [5.41, 5.74) is 0.853. The van der Waals surface area contributed by atoms with Crippen molar-refractivity contribution in [2.24, 2.45) is 0 Å². The zero-order valence-corrected chi connectivity index (χ0v) is 11.3. The average molecular weight is 256 g/mol. The number of aromatic nitrogens is 1. The molecule has 0 aliphatic heterocycles. The fraction of sp³-hybridized carbons (Fsp3) is 0.333. The second-order valence-corrected chi connectivity index (χ2v) is 5.35. The summed E-state index contributed by atoms with van der Waals surface area (Å²) in [6.45, 7) is 5.46. The molecule has 0 unspecified atom stereocenters. The van der Waals surface area contributed by atoms with E-state index in [-0.39, 0.29) is 6.42 Å². The molecule has 2 rings (SSSR count). The van der Waals surface area contributed by atoms with Gasteiger partial charge in [0.1, 0.15) is 5.60 Å². The van der Waals surface area contributed by atoms with Crippen molar-refractivity contribution in [3.63, 3.8) is 0 Å². The summed E-state index contributed by atoms with van der Waals surface area (Å²) in [5.74, 6) is 0. The predicted molar refractivity (Wildman–Crippen MR) is 72.9 cm³/mol. The normalized spacial score (nSPS) is 11.3. The molecule has 1 aromatic heterocycles. The van der Waals surface area contributed by atoms with E-state index in [0.717, 1.165) is 10.9 Å². The fourth-order valence-electron chi connectivity index (χ4n) is 1.95. The summed E-state index contributed by atoms with van der Waals surface area (Å²) >= 11 is 0. The summed E-state index contributed by atoms with van der Waals surface area (Å²) in [6.07, 6.45) is -0.271. The number of fused-ring (bicyclic) bond motifs is 1. The van der Waals surface area contributed by atoms with E-state index < -0.39 is 11.7 Å². The smallest absolute Gasteiger partial charge is 0.419 e. The monoisotopic (exact) mass is 256 g/mol. The number of hydrogen-bond donors (Lipinski definition) is 0. The zero-order valence-electron chi connectivity index (χ0n) is 11.3. The van der Waals surface area contributed by atoms with Crippen LogP contribution >= 0.6 is 0 Å². The van der Waals surface area contributed by atoms with E-state index in [1.54, 1.807) is 0 Å². The lowest BCUT2D eigenvalue weighted by molar-refractivity contribution is 0.0541. The largest absolute Gasteiger partial charge is 0.443 e. The minimum Gasteiger partial charge on any atom is -0.443 e. The van der Waals surface area contributed by atoms with Crippen LogP contribution in [-0.2, 0) is 11.2 Å². The number of nitriles is 1. The lowest BCUT2D eigenvalue weighted by Gasteiger charge is -2.20. The number of benzene rings is 1. The molecule has 2 aromatic rings. The molecule has 0 radical (unpaired) electrons. The van der Waals surface area contributed by atoms with Crippen LogP contribution in [0.25, 0.3) is 10.9 Å². The molecule has 19 heavy (non-hydrogen) atoms. The van der Waals surface area contributed by atoms with Crippen molar-refractivity contribution in [3.8, 4) is 6.07 Å². The molecule has 0 bridgehead atoms. The van der Waals surface area contributed by atoms with Gasteiger partial charge in [-0.1, -0.05) is 18.2 Å². The van der Waals surface area contributed by atoms with Gasteiger partial charge in [-0.25, -0.2) is 9.36 Å². The quantitative estimate of drug-likeness (QED) is 0.784. The third-order valence-corrected chi connectivity index (χ3v) is 2.62. The number of hydrogen-bond acceptors (Lipinski definition) is 3. The summed E-state index contributed by atoms with van der Waals surface area (Å²) < 4.78 is 6.87. The Morgan fingerprint density at radius 2 is 2.05 bits per heavy atom. The molecule has 0 amide bonds. The minimum absolute atomic E-state index is 0.175. The van der Waals surface area contributed by atoms with Crippen molar-refractivity contribution < 1.29 is 9.53 Å². The summed E-state index contributed by atoms with van der Waals surface area (Å²) in [7, 11) is 0. The van der Waals surface area contributed by atoms with Gasteiger partial charge in [0, 0.05) is 11.1 Å². The molecule has 0 aliphatic rings. The SMILES string of the molecule is CC(C)(C)OC(=O)n1c(CC#N)cc2ccccc21. The van der Waals surface area contributed by atoms with Crippen LogP contribution in [0.15, 0.2) is 30.3 Å². The van der Waals surface area contributed by atoms with E-state index in [1.807, 2.05) is 51.1 Å². The maximum Gasteiger partial charge on any atom is 0.419 e. The van der Waals surface area contributed by atoms with Gasteiger partial charge < -0.3 is 4.74 Å². The number of carbonyl (C=O) groups excluding carboxylic acids is 1. The third-order valence-electron chi connectivity index (χ3n) is 2.62. The molecule has 0 spiro atoms. The second-order valence-electron chi connectivity index (χ2n) is 5.35. The van der Waals surface area contributed by atoms with Gasteiger partial charge in [-0.05, 0) is 32.9 Å². The number of ether oxygens (including phenoxy) is 1. The van der Waals surface area contributed by atoms with E-state index >= 15 is 0 Å². The molecule has 0 atom stereocenters. The molecule has 98 valence electrons. The van der Waals surface area contributed by atoms with Crippen LogP contribution < -0.4 is 0 Å². The van der Waals surface area contributed by atoms with Crippen LogP contribution in [0.4, 0.5) is 4.79 Å². The highest BCUT2D eigenvalue weighted by Crippen LogP contribution is 2.22. The molecular weight excluding hydrogens is 240 g/mol. The Hall–Kier alpha value is -2.28. The Labute approximate surface area is 112 Å². The predicted octanol–water partition coefficient (Wildman–Crippen LogP) is 3.49. The average Bonchev–Trinajstić information content (AvgIpc) is 2.65.